The minimum absolute atomic E-state index is 0.501. The highest BCUT2D eigenvalue weighted by Gasteiger charge is 2.04. The largest absolute Gasteiger partial charge is 0.384 e. The zero-order valence-corrected chi connectivity index (χ0v) is 10.2. The van der Waals surface area contributed by atoms with E-state index in [0.29, 0.717) is 11.7 Å². The van der Waals surface area contributed by atoms with Gasteiger partial charge in [0.15, 0.2) is 0 Å². The summed E-state index contributed by atoms with van der Waals surface area (Å²) in [6.45, 7) is 4.43. The average molecular weight is 227 g/mol. The first-order chi connectivity index (χ1) is 8.20. The molecule has 17 heavy (non-hydrogen) atoms. The monoisotopic (exact) mass is 227 g/mol. The number of nitrogen functional groups attached to an aromatic ring is 1. The molecule has 3 nitrogen and oxygen atoms in total. The fourth-order valence-corrected chi connectivity index (χ4v) is 1.75. The minimum atomic E-state index is 0.501. The lowest BCUT2D eigenvalue weighted by molar-refractivity contribution is 0.734. The predicted molar refractivity (Wildman–Crippen MR) is 70.6 cm³/mol. The molecule has 0 saturated carbocycles. The molecule has 0 amide bonds. The van der Waals surface area contributed by atoms with Gasteiger partial charge in [0.2, 0.25) is 0 Å². The molecule has 0 spiro atoms. The van der Waals surface area contributed by atoms with E-state index in [9.17, 15) is 0 Å². The van der Waals surface area contributed by atoms with Crippen LogP contribution >= 0.6 is 0 Å². The number of nitrogens with two attached hydrogens (primary N) is 1. The molecule has 1 aromatic carbocycles. The normalized spacial score (nSPS) is 12.4. The van der Waals surface area contributed by atoms with Crippen molar-refractivity contribution in [3.8, 4) is 11.3 Å². The summed E-state index contributed by atoms with van der Waals surface area (Å²) in [6, 6.07) is 10.3. The van der Waals surface area contributed by atoms with E-state index in [2.05, 4.69) is 48.1 Å². The number of benzene rings is 1. The van der Waals surface area contributed by atoms with Gasteiger partial charge in [0.1, 0.15) is 12.1 Å². The van der Waals surface area contributed by atoms with Gasteiger partial charge in [-0.3, -0.25) is 0 Å². The van der Waals surface area contributed by atoms with E-state index >= 15 is 0 Å². The summed E-state index contributed by atoms with van der Waals surface area (Å²) in [5.74, 6) is 1.10. The van der Waals surface area contributed by atoms with Crippen LogP contribution in [0.15, 0.2) is 36.7 Å². The van der Waals surface area contributed by atoms with E-state index in [0.717, 1.165) is 17.7 Å². The first-order valence-electron chi connectivity index (χ1n) is 5.88. The van der Waals surface area contributed by atoms with Crippen LogP contribution in [0.25, 0.3) is 11.3 Å². The van der Waals surface area contributed by atoms with Gasteiger partial charge >= 0.3 is 0 Å². The third-order valence-electron chi connectivity index (χ3n) is 3.08. The van der Waals surface area contributed by atoms with Crippen LogP contribution in [0.1, 0.15) is 31.7 Å². The van der Waals surface area contributed by atoms with Crippen LogP contribution in [0.2, 0.25) is 0 Å². The van der Waals surface area contributed by atoms with Gasteiger partial charge in [0, 0.05) is 11.6 Å². The lowest BCUT2D eigenvalue weighted by Gasteiger charge is -2.09. The molecule has 1 unspecified atom stereocenters. The van der Waals surface area contributed by atoms with Gasteiger partial charge in [-0.2, -0.15) is 0 Å². The molecule has 0 aliphatic rings. The van der Waals surface area contributed by atoms with Crippen molar-refractivity contribution in [2.75, 3.05) is 5.73 Å². The summed E-state index contributed by atoms with van der Waals surface area (Å²) in [5, 5.41) is 0. The maximum Gasteiger partial charge on any atom is 0.127 e. The Kier molecular flexibility index (Phi) is 3.38. The molecule has 2 N–H and O–H groups in total. The molecule has 1 aromatic heterocycles. The van der Waals surface area contributed by atoms with Gasteiger partial charge in [-0.25, -0.2) is 9.97 Å². The number of hydrogen-bond acceptors (Lipinski definition) is 3. The maximum atomic E-state index is 5.64. The van der Waals surface area contributed by atoms with E-state index in [1.54, 1.807) is 6.07 Å². The first-order valence-corrected chi connectivity index (χ1v) is 5.88. The maximum absolute atomic E-state index is 5.64. The fourth-order valence-electron chi connectivity index (χ4n) is 1.75. The van der Waals surface area contributed by atoms with Crippen LogP contribution < -0.4 is 5.73 Å². The Hall–Kier alpha value is -1.90. The summed E-state index contributed by atoms with van der Waals surface area (Å²) in [5.41, 5.74) is 8.95. The zero-order valence-electron chi connectivity index (χ0n) is 10.2. The second kappa shape index (κ2) is 4.95. The molecule has 88 valence electrons. The molecule has 0 bridgehead atoms. The highest BCUT2D eigenvalue weighted by molar-refractivity contribution is 5.61. The van der Waals surface area contributed by atoms with E-state index < -0.39 is 0 Å². The molecule has 0 aliphatic heterocycles. The number of aromatic nitrogens is 2. The zero-order chi connectivity index (χ0) is 12.3. The Morgan fingerprint density at radius 3 is 2.47 bits per heavy atom. The molecule has 0 aliphatic carbocycles. The van der Waals surface area contributed by atoms with Crippen molar-refractivity contribution in [2.24, 2.45) is 0 Å². The van der Waals surface area contributed by atoms with Gasteiger partial charge in [-0.1, -0.05) is 38.1 Å². The van der Waals surface area contributed by atoms with Crippen LogP contribution in [0.3, 0.4) is 0 Å². The molecule has 0 radical (unpaired) electrons. The van der Waals surface area contributed by atoms with Crippen molar-refractivity contribution in [2.45, 2.75) is 26.2 Å². The summed E-state index contributed by atoms with van der Waals surface area (Å²) in [7, 11) is 0. The number of rotatable bonds is 3. The molecule has 0 saturated heterocycles. The van der Waals surface area contributed by atoms with Crippen LogP contribution in [-0.4, -0.2) is 9.97 Å². The lowest BCUT2D eigenvalue weighted by Crippen LogP contribution is -1.94. The third kappa shape index (κ3) is 2.61. The second-order valence-corrected chi connectivity index (χ2v) is 4.26. The van der Waals surface area contributed by atoms with Gasteiger partial charge in [-0.15, -0.1) is 0 Å². The standard InChI is InChI=1S/C14H17N3/c1-3-10(2)11-4-6-12(7-5-11)13-8-14(15)17-9-16-13/h4-10H,3H2,1-2H3,(H2,15,16,17). The Labute approximate surface area is 102 Å². The Morgan fingerprint density at radius 1 is 1.18 bits per heavy atom. The number of nitrogens with zero attached hydrogens (tertiary/aromatic N) is 2. The highest BCUT2D eigenvalue weighted by atomic mass is 14.9. The topological polar surface area (TPSA) is 51.8 Å². The molecular weight excluding hydrogens is 210 g/mol. The van der Waals surface area contributed by atoms with Crippen molar-refractivity contribution < 1.29 is 0 Å². The van der Waals surface area contributed by atoms with Crippen LogP contribution in [-0.2, 0) is 0 Å². The molecular formula is C14H17N3. The molecule has 1 heterocycles. The Bertz CT molecular complexity index is 491. The molecule has 1 atom stereocenters. The summed E-state index contributed by atoms with van der Waals surface area (Å²) < 4.78 is 0. The van der Waals surface area contributed by atoms with Crippen LogP contribution in [0.4, 0.5) is 5.82 Å². The van der Waals surface area contributed by atoms with E-state index in [1.807, 2.05) is 0 Å². The van der Waals surface area contributed by atoms with Crippen molar-refractivity contribution in [3.63, 3.8) is 0 Å². The average Bonchev–Trinajstić information content (AvgIpc) is 2.38. The van der Waals surface area contributed by atoms with Gasteiger partial charge < -0.3 is 5.73 Å². The number of hydrogen-bond donors (Lipinski definition) is 1. The Morgan fingerprint density at radius 2 is 1.88 bits per heavy atom. The Balaban J connectivity index is 2.29. The second-order valence-electron chi connectivity index (χ2n) is 4.26. The first kappa shape index (κ1) is 11.6. The molecule has 0 fully saturated rings. The summed E-state index contributed by atoms with van der Waals surface area (Å²) >= 11 is 0. The lowest BCUT2D eigenvalue weighted by atomic mass is 9.97. The third-order valence-corrected chi connectivity index (χ3v) is 3.08. The van der Waals surface area contributed by atoms with Gasteiger partial charge in [0.25, 0.3) is 0 Å². The van der Waals surface area contributed by atoms with E-state index in [4.69, 9.17) is 5.73 Å². The van der Waals surface area contributed by atoms with Gasteiger partial charge in [0.05, 0.1) is 5.69 Å². The van der Waals surface area contributed by atoms with Crippen molar-refractivity contribution in [1.82, 2.24) is 9.97 Å². The van der Waals surface area contributed by atoms with Crippen LogP contribution in [0, 0.1) is 0 Å². The number of anilines is 1. The van der Waals surface area contributed by atoms with E-state index in [-0.39, 0.29) is 0 Å². The minimum Gasteiger partial charge on any atom is -0.384 e. The fraction of sp³-hybridized carbons (Fsp3) is 0.286. The molecule has 2 aromatic rings. The smallest absolute Gasteiger partial charge is 0.127 e. The van der Waals surface area contributed by atoms with Crippen molar-refractivity contribution >= 4 is 5.82 Å². The predicted octanol–water partition coefficient (Wildman–Crippen LogP) is 3.24. The quantitative estimate of drug-likeness (QED) is 0.875. The van der Waals surface area contributed by atoms with Crippen LogP contribution in [0.5, 0.6) is 0 Å². The summed E-state index contributed by atoms with van der Waals surface area (Å²) in [6.07, 6.45) is 2.65. The summed E-state index contributed by atoms with van der Waals surface area (Å²) in [4.78, 5) is 8.10. The SMILES string of the molecule is CCC(C)c1ccc(-c2cc(N)ncn2)cc1. The van der Waals surface area contributed by atoms with Crippen molar-refractivity contribution in [3.05, 3.63) is 42.2 Å². The van der Waals surface area contributed by atoms with Crippen molar-refractivity contribution in [1.29, 1.82) is 0 Å². The highest BCUT2D eigenvalue weighted by Crippen LogP contribution is 2.23. The molecule has 2 rings (SSSR count). The molecule has 3 heteroatoms. The van der Waals surface area contributed by atoms with E-state index in [1.165, 1.54) is 11.9 Å². The van der Waals surface area contributed by atoms with Gasteiger partial charge in [-0.05, 0) is 17.9 Å².